The number of benzene rings is 2. The van der Waals surface area contributed by atoms with Crippen LogP contribution in [0.3, 0.4) is 0 Å². The Kier molecular flexibility index (Phi) is 12.3. The molecule has 0 saturated heterocycles. The lowest BCUT2D eigenvalue weighted by Crippen LogP contribution is -2.48. The van der Waals surface area contributed by atoms with Crippen molar-refractivity contribution >= 4 is 43.2 Å². The van der Waals surface area contributed by atoms with E-state index in [1.165, 1.54) is 52.7 Å². The Balaban J connectivity index is 1.98. The highest BCUT2D eigenvalue weighted by atomic mass is 35.5. The van der Waals surface area contributed by atoms with Gasteiger partial charge in [0.15, 0.2) is 0 Å². The molecule has 0 spiro atoms. The van der Waals surface area contributed by atoms with Gasteiger partial charge in [-0.05, 0) is 75.6 Å². The van der Waals surface area contributed by atoms with Crippen LogP contribution < -0.4 is 9.46 Å². The summed E-state index contributed by atoms with van der Waals surface area (Å²) >= 11 is 5.95. The molecule has 4 atom stereocenters. The molecule has 1 heterocycles. The largest absolute Gasteiger partial charge is 0.490 e. The summed E-state index contributed by atoms with van der Waals surface area (Å²) in [6.07, 6.45) is 2.34. The Morgan fingerprint density at radius 2 is 1.79 bits per heavy atom. The third-order valence-electron chi connectivity index (χ3n) is 7.31. The van der Waals surface area contributed by atoms with Crippen LogP contribution in [-0.4, -0.2) is 94.9 Å². The van der Waals surface area contributed by atoms with Crippen molar-refractivity contribution in [3.63, 3.8) is 0 Å². The number of carbonyl (C=O) groups is 1. The van der Waals surface area contributed by atoms with Crippen LogP contribution in [0.1, 0.15) is 50.4 Å². The summed E-state index contributed by atoms with van der Waals surface area (Å²) < 4.78 is 66.5. The van der Waals surface area contributed by atoms with Gasteiger partial charge in [0.05, 0.1) is 41.6 Å². The molecule has 43 heavy (non-hydrogen) atoms. The van der Waals surface area contributed by atoms with E-state index in [0.29, 0.717) is 30.2 Å². The Morgan fingerprint density at radius 3 is 2.42 bits per heavy atom. The number of anilines is 1. The molecule has 0 bridgehead atoms. The quantitative estimate of drug-likeness (QED) is 0.436. The first kappa shape index (κ1) is 35.1. The minimum Gasteiger partial charge on any atom is -0.490 e. The van der Waals surface area contributed by atoms with Gasteiger partial charge >= 0.3 is 0 Å². The van der Waals surface area contributed by atoms with E-state index < -0.39 is 38.1 Å². The topological polar surface area (TPSA) is 143 Å². The fourth-order valence-electron chi connectivity index (χ4n) is 4.80. The first-order chi connectivity index (χ1) is 20.1. The van der Waals surface area contributed by atoms with E-state index >= 15 is 0 Å². The molecule has 2 aromatic carbocycles. The van der Waals surface area contributed by atoms with Gasteiger partial charge < -0.3 is 19.5 Å². The van der Waals surface area contributed by atoms with Gasteiger partial charge in [0.25, 0.3) is 5.91 Å². The number of fused-ring (bicyclic) bond motifs is 1. The maximum atomic E-state index is 14.1. The third kappa shape index (κ3) is 9.79. The second-order valence-corrected chi connectivity index (χ2v) is 15.4. The van der Waals surface area contributed by atoms with Crippen LogP contribution in [0, 0.1) is 5.92 Å². The van der Waals surface area contributed by atoms with Crippen LogP contribution in [0.15, 0.2) is 47.4 Å². The number of carbonyl (C=O) groups excluding carboxylic acids is 1. The average molecular weight is 660 g/mol. The van der Waals surface area contributed by atoms with E-state index in [1.54, 1.807) is 13.0 Å². The summed E-state index contributed by atoms with van der Waals surface area (Å²) in [6.45, 7) is 5.66. The standard InChI is InChI=1S/C29H42ClN3O8S2/c1-20-17-33(21(2)19-34)29(35)26-16-24(31-42(5,36)37)11-14-27(26)41-22(3)8-6-7-15-40-28(20)18-32(4)43(38,39)25-12-9-23(30)10-13-25/h9-14,16,20-22,28,31,34H,6-8,15,17-19H2,1-5H3/t20-,21+,22+,28-/m1/s1. The number of rotatable bonds is 8. The Bertz CT molecular complexity index is 1450. The van der Waals surface area contributed by atoms with Gasteiger partial charge in [-0.2, -0.15) is 4.31 Å². The maximum absolute atomic E-state index is 14.1. The van der Waals surface area contributed by atoms with Crippen molar-refractivity contribution in [2.24, 2.45) is 5.92 Å². The molecular formula is C29H42ClN3O8S2. The zero-order valence-electron chi connectivity index (χ0n) is 25.2. The number of hydrogen-bond donors (Lipinski definition) is 2. The molecule has 1 aliphatic heterocycles. The van der Waals surface area contributed by atoms with Gasteiger partial charge in [0.2, 0.25) is 20.0 Å². The average Bonchev–Trinajstić information content (AvgIpc) is 2.93. The highest BCUT2D eigenvalue weighted by Crippen LogP contribution is 2.29. The zero-order chi connectivity index (χ0) is 31.9. The number of aliphatic hydroxyl groups is 1. The molecule has 0 aromatic heterocycles. The van der Waals surface area contributed by atoms with Crippen molar-refractivity contribution in [1.29, 1.82) is 0 Å². The van der Waals surface area contributed by atoms with Crippen molar-refractivity contribution in [2.75, 3.05) is 44.3 Å². The number of aliphatic hydroxyl groups excluding tert-OH is 1. The van der Waals surface area contributed by atoms with E-state index in [9.17, 15) is 26.7 Å². The number of amides is 1. The van der Waals surface area contributed by atoms with E-state index in [4.69, 9.17) is 21.1 Å². The normalized spacial score (nSPS) is 21.9. The van der Waals surface area contributed by atoms with Crippen molar-refractivity contribution in [1.82, 2.24) is 9.21 Å². The highest BCUT2D eigenvalue weighted by molar-refractivity contribution is 7.92. The second kappa shape index (κ2) is 15.0. The number of ether oxygens (including phenoxy) is 2. The number of sulfonamides is 2. The van der Waals surface area contributed by atoms with Crippen LogP contribution in [-0.2, 0) is 24.8 Å². The van der Waals surface area contributed by atoms with Crippen molar-refractivity contribution < 1.29 is 36.2 Å². The van der Waals surface area contributed by atoms with Gasteiger partial charge in [0.1, 0.15) is 5.75 Å². The van der Waals surface area contributed by atoms with Gasteiger partial charge in [-0.3, -0.25) is 9.52 Å². The molecule has 240 valence electrons. The number of nitrogens with one attached hydrogen (secondary N) is 1. The molecule has 0 radical (unpaired) electrons. The molecule has 1 amide bonds. The van der Waals surface area contributed by atoms with E-state index in [2.05, 4.69) is 4.72 Å². The molecule has 0 aliphatic carbocycles. The lowest BCUT2D eigenvalue weighted by atomic mass is 10.0. The first-order valence-corrected chi connectivity index (χ1v) is 17.9. The van der Waals surface area contributed by atoms with Gasteiger partial charge in [-0.25, -0.2) is 16.8 Å². The lowest BCUT2D eigenvalue weighted by molar-refractivity contribution is -0.00833. The predicted octanol–water partition coefficient (Wildman–Crippen LogP) is 3.83. The third-order valence-corrected chi connectivity index (χ3v) is 10.0. The Labute approximate surface area is 260 Å². The molecule has 1 aliphatic rings. The molecule has 11 nitrogen and oxygen atoms in total. The molecule has 14 heteroatoms. The smallest absolute Gasteiger partial charge is 0.258 e. The van der Waals surface area contributed by atoms with Crippen molar-refractivity contribution in [3.05, 3.63) is 53.1 Å². The van der Waals surface area contributed by atoms with E-state index in [1.807, 2.05) is 13.8 Å². The van der Waals surface area contributed by atoms with Crippen molar-refractivity contribution in [2.45, 2.75) is 63.2 Å². The number of hydrogen-bond acceptors (Lipinski definition) is 8. The fraction of sp³-hybridized carbons (Fsp3) is 0.552. The minimum atomic E-state index is -3.85. The van der Waals surface area contributed by atoms with Gasteiger partial charge in [0, 0.05) is 43.4 Å². The minimum absolute atomic E-state index is 0.0280. The summed E-state index contributed by atoms with van der Waals surface area (Å²) in [4.78, 5) is 15.7. The molecule has 2 N–H and O–H groups in total. The summed E-state index contributed by atoms with van der Waals surface area (Å²) in [6, 6.07) is 9.84. The fourth-order valence-corrected chi connectivity index (χ4v) is 6.66. The van der Waals surface area contributed by atoms with Crippen LogP contribution >= 0.6 is 11.6 Å². The Morgan fingerprint density at radius 1 is 1.12 bits per heavy atom. The second-order valence-electron chi connectivity index (χ2n) is 11.1. The van der Waals surface area contributed by atoms with Crippen LogP contribution in [0.4, 0.5) is 5.69 Å². The molecule has 0 saturated carbocycles. The van der Waals surface area contributed by atoms with Crippen LogP contribution in [0.5, 0.6) is 5.75 Å². The van der Waals surface area contributed by atoms with E-state index in [0.717, 1.165) is 12.7 Å². The monoisotopic (exact) mass is 659 g/mol. The Hall–Kier alpha value is -2.42. The molecule has 3 rings (SSSR count). The number of halogens is 1. The van der Waals surface area contributed by atoms with Gasteiger partial charge in [-0.1, -0.05) is 18.5 Å². The summed E-state index contributed by atoms with van der Waals surface area (Å²) in [5.74, 6) is -0.520. The van der Waals surface area contributed by atoms with Gasteiger partial charge in [-0.15, -0.1) is 0 Å². The SMILES string of the molecule is C[C@@H]1CN([C@@H](C)CO)C(=O)c2cc(NS(C)(=O)=O)ccc2O[C@@H](C)CCCCO[C@@H]1CN(C)S(=O)(=O)c1ccc(Cl)cc1. The summed E-state index contributed by atoms with van der Waals surface area (Å²) in [7, 11) is -5.98. The lowest BCUT2D eigenvalue weighted by Gasteiger charge is -2.35. The maximum Gasteiger partial charge on any atom is 0.258 e. The summed E-state index contributed by atoms with van der Waals surface area (Å²) in [5, 5.41) is 10.5. The highest BCUT2D eigenvalue weighted by Gasteiger charge is 2.32. The van der Waals surface area contributed by atoms with Crippen LogP contribution in [0.2, 0.25) is 5.02 Å². The molecule has 2 aromatic rings. The number of nitrogens with zero attached hydrogens (tertiary/aromatic N) is 2. The number of likely N-dealkylation sites (N-methyl/N-ethyl adjacent to an activating group) is 1. The first-order valence-electron chi connectivity index (χ1n) is 14.2. The molecular weight excluding hydrogens is 618 g/mol. The van der Waals surface area contributed by atoms with Crippen molar-refractivity contribution in [3.8, 4) is 5.75 Å². The van der Waals surface area contributed by atoms with E-state index in [-0.39, 0.29) is 47.9 Å². The molecule has 0 fully saturated rings. The predicted molar refractivity (Wildman–Crippen MR) is 167 cm³/mol. The van der Waals surface area contributed by atoms with Crippen LogP contribution in [0.25, 0.3) is 0 Å². The molecule has 0 unspecified atom stereocenters. The zero-order valence-corrected chi connectivity index (χ0v) is 27.6. The summed E-state index contributed by atoms with van der Waals surface area (Å²) in [5.41, 5.74) is 0.344.